The zero-order valence-corrected chi connectivity index (χ0v) is 14.9. The number of carboxylic acids is 2. The molecule has 0 saturated carbocycles. The van der Waals surface area contributed by atoms with E-state index in [0.717, 1.165) is 23.7 Å². The van der Waals surface area contributed by atoms with Crippen LogP contribution in [-0.4, -0.2) is 57.7 Å². The van der Waals surface area contributed by atoms with E-state index in [-0.39, 0.29) is 23.5 Å². The van der Waals surface area contributed by atoms with Crippen LogP contribution in [0.15, 0.2) is 34.7 Å². The first-order chi connectivity index (χ1) is 11.8. The minimum absolute atomic E-state index is 0.0182. The van der Waals surface area contributed by atoms with Crippen LogP contribution in [0.25, 0.3) is 0 Å². The topological polar surface area (TPSA) is 125 Å². The van der Waals surface area contributed by atoms with Crippen LogP contribution in [0, 0.1) is 0 Å². The van der Waals surface area contributed by atoms with Crippen molar-refractivity contribution >= 4 is 46.7 Å². The molecule has 0 saturated heterocycles. The largest absolute Gasteiger partial charge is 0.478 e. The highest BCUT2D eigenvalue weighted by Gasteiger charge is 2.50. The van der Waals surface area contributed by atoms with E-state index in [1.165, 1.54) is 11.3 Å². The van der Waals surface area contributed by atoms with Crippen LogP contribution in [0.1, 0.15) is 4.88 Å². The predicted octanol–water partition coefficient (Wildman–Crippen LogP) is 0.989. The maximum absolute atomic E-state index is 12.3. The van der Waals surface area contributed by atoms with Crippen molar-refractivity contribution < 1.29 is 29.3 Å². The summed E-state index contributed by atoms with van der Waals surface area (Å²) in [6.07, 6.45) is -0.0182. The van der Waals surface area contributed by atoms with E-state index in [2.05, 4.69) is 16.9 Å². The van der Waals surface area contributed by atoms with Crippen LogP contribution in [0.2, 0.25) is 0 Å². The second-order valence-electron chi connectivity index (χ2n) is 5.10. The molecule has 2 atom stereocenters. The smallest absolute Gasteiger partial charge is 0.360 e. The maximum atomic E-state index is 12.3. The van der Waals surface area contributed by atoms with Crippen LogP contribution in [0.3, 0.4) is 0 Å². The van der Waals surface area contributed by atoms with Crippen molar-refractivity contribution in [3.63, 3.8) is 0 Å². The monoisotopic (exact) mass is 384 g/mol. The SMILES string of the molecule is C=C1CS[C@H]([C@@](NC(=O)Cc2cccs2)(OC)C(=O)O)N=C1C(=O)O. The molecule has 2 rings (SSSR count). The number of aliphatic imine (C=N–C) groups is 1. The third-order valence-corrected chi connectivity index (χ3v) is 5.57. The molecule has 10 heteroatoms. The summed E-state index contributed by atoms with van der Waals surface area (Å²) in [6, 6.07) is 3.53. The van der Waals surface area contributed by atoms with Gasteiger partial charge in [-0.1, -0.05) is 12.6 Å². The standard InChI is InChI=1S/C15H16N2O6S2/c1-8-7-25-13(16-11(8)12(19)20)15(23-2,14(21)22)17-10(18)6-9-4-3-5-24-9/h3-5,13H,1,6-7H2,2H3,(H,17,18)(H,19,20)(H,21,22)/t13-,15-/m1/s1. The lowest BCUT2D eigenvalue weighted by Gasteiger charge is -2.35. The van der Waals surface area contributed by atoms with Gasteiger partial charge < -0.3 is 20.3 Å². The quantitative estimate of drug-likeness (QED) is 0.599. The first-order valence-electron chi connectivity index (χ1n) is 7.03. The van der Waals surface area contributed by atoms with Gasteiger partial charge in [0.1, 0.15) is 5.71 Å². The van der Waals surface area contributed by atoms with Crippen molar-refractivity contribution in [1.82, 2.24) is 5.32 Å². The molecule has 1 aliphatic heterocycles. The Morgan fingerprint density at radius 2 is 2.20 bits per heavy atom. The second kappa shape index (κ2) is 7.81. The van der Waals surface area contributed by atoms with Crippen LogP contribution < -0.4 is 5.32 Å². The Labute approximate surface area is 151 Å². The van der Waals surface area contributed by atoms with Gasteiger partial charge in [0, 0.05) is 17.7 Å². The van der Waals surface area contributed by atoms with Gasteiger partial charge in [-0.05, 0) is 17.0 Å². The molecule has 0 spiro atoms. The van der Waals surface area contributed by atoms with Gasteiger partial charge in [0.05, 0.1) is 6.42 Å². The van der Waals surface area contributed by atoms with Gasteiger partial charge >= 0.3 is 11.9 Å². The van der Waals surface area contributed by atoms with Gasteiger partial charge in [0.25, 0.3) is 5.72 Å². The van der Waals surface area contributed by atoms with E-state index < -0.39 is 28.9 Å². The van der Waals surface area contributed by atoms with Crippen molar-refractivity contribution in [2.45, 2.75) is 17.5 Å². The predicted molar refractivity (Wildman–Crippen MR) is 94.0 cm³/mol. The molecule has 134 valence electrons. The molecule has 0 aromatic carbocycles. The van der Waals surface area contributed by atoms with E-state index in [1.807, 2.05) is 0 Å². The average Bonchev–Trinajstić information content (AvgIpc) is 3.05. The average molecular weight is 384 g/mol. The summed E-state index contributed by atoms with van der Waals surface area (Å²) in [5.74, 6) is -3.18. The highest BCUT2D eigenvalue weighted by atomic mass is 32.2. The lowest BCUT2D eigenvalue weighted by molar-refractivity contribution is -0.169. The van der Waals surface area contributed by atoms with Crippen LogP contribution >= 0.6 is 23.1 Å². The molecular formula is C15H16N2O6S2. The van der Waals surface area contributed by atoms with Gasteiger partial charge in [-0.3, -0.25) is 9.79 Å². The van der Waals surface area contributed by atoms with Crippen molar-refractivity contribution in [3.8, 4) is 0 Å². The number of aliphatic carboxylic acids is 2. The lowest BCUT2D eigenvalue weighted by Crippen LogP contribution is -2.63. The van der Waals surface area contributed by atoms with E-state index >= 15 is 0 Å². The van der Waals surface area contributed by atoms with Crippen LogP contribution in [0.4, 0.5) is 0 Å². The van der Waals surface area contributed by atoms with Gasteiger partial charge in [-0.15, -0.1) is 23.1 Å². The summed E-state index contributed by atoms with van der Waals surface area (Å²) in [7, 11) is 1.12. The molecule has 0 radical (unpaired) electrons. The van der Waals surface area contributed by atoms with Crippen molar-refractivity contribution in [2.24, 2.45) is 4.99 Å². The summed E-state index contributed by atoms with van der Waals surface area (Å²) in [5.41, 5.74) is -2.23. The number of methoxy groups -OCH3 is 1. The molecule has 0 bridgehead atoms. The Morgan fingerprint density at radius 1 is 1.48 bits per heavy atom. The van der Waals surface area contributed by atoms with Crippen LogP contribution in [-0.2, 0) is 25.5 Å². The van der Waals surface area contributed by atoms with Crippen molar-refractivity contribution in [2.75, 3.05) is 12.9 Å². The number of rotatable bonds is 7. The molecule has 3 N–H and O–H groups in total. The van der Waals surface area contributed by atoms with Crippen molar-refractivity contribution in [3.05, 3.63) is 34.5 Å². The number of carbonyl (C=O) groups is 3. The number of carbonyl (C=O) groups excluding carboxylic acids is 1. The first-order valence-corrected chi connectivity index (χ1v) is 8.95. The fourth-order valence-corrected chi connectivity index (χ4v) is 4.06. The Kier molecular flexibility index (Phi) is 5.98. The minimum atomic E-state index is -2.18. The number of nitrogens with one attached hydrogen (secondary N) is 1. The number of hydrogen-bond acceptors (Lipinski definition) is 7. The van der Waals surface area contributed by atoms with Crippen molar-refractivity contribution in [1.29, 1.82) is 0 Å². The highest BCUT2D eigenvalue weighted by Crippen LogP contribution is 2.32. The van der Waals surface area contributed by atoms with Gasteiger partial charge in [-0.25, -0.2) is 9.59 Å². The maximum Gasteiger partial charge on any atom is 0.360 e. The van der Waals surface area contributed by atoms with E-state index in [0.29, 0.717) is 0 Å². The second-order valence-corrected chi connectivity index (χ2v) is 7.20. The molecule has 2 heterocycles. The minimum Gasteiger partial charge on any atom is -0.478 e. The normalized spacial score (nSPS) is 19.6. The molecule has 0 unspecified atom stereocenters. The zero-order valence-electron chi connectivity index (χ0n) is 13.2. The molecule has 0 fully saturated rings. The molecule has 1 aliphatic rings. The zero-order chi connectivity index (χ0) is 18.6. The summed E-state index contributed by atoms with van der Waals surface area (Å²) in [5, 5.41) is 21.8. The molecule has 1 aromatic rings. The Morgan fingerprint density at radius 3 is 2.72 bits per heavy atom. The summed E-state index contributed by atoms with van der Waals surface area (Å²) in [4.78, 5) is 40.1. The van der Waals surface area contributed by atoms with E-state index in [4.69, 9.17) is 4.74 Å². The third-order valence-electron chi connectivity index (χ3n) is 3.43. The fraction of sp³-hybridized carbons (Fsp3) is 0.333. The third kappa shape index (κ3) is 4.09. The summed E-state index contributed by atoms with van der Waals surface area (Å²) < 4.78 is 5.11. The van der Waals surface area contributed by atoms with Crippen LogP contribution in [0.5, 0.6) is 0 Å². The van der Waals surface area contributed by atoms with E-state index in [9.17, 15) is 24.6 Å². The Bertz CT molecular complexity index is 730. The fourth-order valence-electron chi connectivity index (χ4n) is 2.19. The number of amides is 1. The van der Waals surface area contributed by atoms with E-state index in [1.54, 1.807) is 17.5 Å². The Hall–Kier alpha value is -2.17. The number of ether oxygens (including phenoxy) is 1. The highest BCUT2D eigenvalue weighted by molar-refractivity contribution is 8.00. The molecule has 25 heavy (non-hydrogen) atoms. The lowest BCUT2D eigenvalue weighted by atomic mass is 10.1. The number of thioether (sulfide) groups is 1. The summed E-state index contributed by atoms with van der Waals surface area (Å²) >= 11 is 2.40. The van der Waals surface area contributed by atoms with Gasteiger partial charge in [-0.2, -0.15) is 0 Å². The first kappa shape index (κ1) is 19.2. The molecule has 0 aliphatic carbocycles. The molecule has 1 amide bonds. The van der Waals surface area contributed by atoms with Gasteiger partial charge in [0.2, 0.25) is 5.91 Å². The number of nitrogens with zero attached hydrogens (tertiary/aromatic N) is 1. The Balaban J connectivity index is 2.31. The summed E-state index contributed by atoms with van der Waals surface area (Å²) in [6.45, 7) is 3.61. The molecular weight excluding hydrogens is 368 g/mol. The van der Waals surface area contributed by atoms with Gasteiger partial charge in [0.15, 0.2) is 5.37 Å². The molecule has 1 aromatic heterocycles. The molecule has 8 nitrogen and oxygen atoms in total. The number of hydrogen-bond donors (Lipinski definition) is 3. The number of thiophene rings is 1. The number of carboxylic acid groups (broad SMARTS) is 2.